The highest BCUT2D eigenvalue weighted by molar-refractivity contribution is 7.80. The molecular weight excluding hydrogens is 188 g/mol. The van der Waals surface area contributed by atoms with Gasteiger partial charge < -0.3 is 10.6 Å². The van der Waals surface area contributed by atoms with Crippen LogP contribution in [0.5, 0.6) is 0 Å². The van der Waals surface area contributed by atoms with Crippen LogP contribution in [0.2, 0.25) is 0 Å². The molecule has 2 N–H and O–H groups in total. The lowest BCUT2D eigenvalue weighted by Gasteiger charge is -2.37. The van der Waals surface area contributed by atoms with Crippen LogP contribution in [0.3, 0.4) is 0 Å². The van der Waals surface area contributed by atoms with Crippen molar-refractivity contribution in [2.24, 2.45) is 11.8 Å². The highest BCUT2D eigenvalue weighted by atomic mass is 32.1. The largest absolute Gasteiger partial charge is 0.382 e. The summed E-state index contributed by atoms with van der Waals surface area (Å²) >= 11 is 10.3. The molecule has 4 heteroatoms. The van der Waals surface area contributed by atoms with Crippen LogP contribution in [0.15, 0.2) is 0 Å². The summed E-state index contributed by atoms with van der Waals surface area (Å²) in [4.78, 5) is 1.90. The number of hydrogen-bond acceptors (Lipinski definition) is 2. The smallest absolute Gasteiger partial charge is 0.0789 e. The van der Waals surface area contributed by atoms with Gasteiger partial charge in [-0.1, -0.05) is 24.4 Å². The maximum atomic E-state index is 5.17. The molecule has 1 aliphatic rings. The van der Waals surface area contributed by atoms with Crippen LogP contribution in [0.4, 0.5) is 0 Å². The fourth-order valence-corrected chi connectivity index (χ4v) is 2.06. The second kappa shape index (κ2) is 4.14. The third-order valence-electron chi connectivity index (χ3n) is 2.44. The van der Waals surface area contributed by atoms with E-state index in [1.54, 1.807) is 0 Å². The number of hydrogen-bond donors (Lipinski definition) is 2. The summed E-state index contributed by atoms with van der Waals surface area (Å²) in [7, 11) is 3.75. The molecule has 68 valence electrons. The molecule has 0 aromatic heterocycles. The van der Waals surface area contributed by atoms with E-state index >= 15 is 0 Å². The number of thiocarbonyl (C=S) groups is 2. The van der Waals surface area contributed by atoms with Gasteiger partial charge in [0.2, 0.25) is 0 Å². The topological polar surface area (TPSA) is 24.1 Å². The van der Waals surface area contributed by atoms with E-state index in [9.17, 15) is 0 Å². The Morgan fingerprint density at radius 1 is 1.00 bits per heavy atom. The van der Waals surface area contributed by atoms with Gasteiger partial charge in [-0.3, -0.25) is 0 Å². The normalized spacial score (nSPS) is 27.2. The van der Waals surface area contributed by atoms with E-state index in [1.165, 1.54) is 12.8 Å². The van der Waals surface area contributed by atoms with Gasteiger partial charge in [0.05, 0.1) is 9.98 Å². The Morgan fingerprint density at radius 2 is 1.33 bits per heavy atom. The average Bonchev–Trinajstić information content (AvgIpc) is 2.02. The molecule has 0 amide bonds. The predicted octanol–water partition coefficient (Wildman–Crippen LogP) is 1.11. The molecular formula is C8H14N2S2. The first-order valence-electron chi connectivity index (χ1n) is 4.14. The van der Waals surface area contributed by atoms with Crippen molar-refractivity contribution in [1.82, 2.24) is 10.6 Å². The fourth-order valence-electron chi connectivity index (χ4n) is 1.50. The Morgan fingerprint density at radius 3 is 1.50 bits per heavy atom. The standard InChI is InChI=1S/C8H14N2S2/c1-9-7(11)5-3-4-6(5)8(12)10-2/h5-6H,3-4H2,1-2H3,(H,9,11)(H,10,12)/t5-,6-/m1/s1. The second-order valence-electron chi connectivity index (χ2n) is 3.02. The van der Waals surface area contributed by atoms with Crippen molar-refractivity contribution >= 4 is 34.4 Å². The van der Waals surface area contributed by atoms with Gasteiger partial charge in [-0.25, -0.2) is 0 Å². The molecule has 12 heavy (non-hydrogen) atoms. The minimum absolute atomic E-state index is 0.477. The highest BCUT2D eigenvalue weighted by Gasteiger charge is 2.35. The van der Waals surface area contributed by atoms with Crippen LogP contribution in [0, 0.1) is 11.8 Å². The summed E-state index contributed by atoms with van der Waals surface area (Å²) in [5.41, 5.74) is 0. The zero-order valence-corrected chi connectivity index (χ0v) is 9.02. The molecule has 1 saturated carbocycles. The Kier molecular flexibility index (Phi) is 3.40. The summed E-state index contributed by atoms with van der Waals surface area (Å²) < 4.78 is 0. The molecule has 0 unspecified atom stereocenters. The zero-order chi connectivity index (χ0) is 9.14. The molecule has 1 rings (SSSR count). The van der Waals surface area contributed by atoms with Crippen molar-refractivity contribution in [3.05, 3.63) is 0 Å². The predicted molar refractivity (Wildman–Crippen MR) is 59.5 cm³/mol. The Labute approximate surface area is 84.1 Å². The Balaban J connectivity index is 2.49. The summed E-state index contributed by atoms with van der Waals surface area (Å²) in [5.74, 6) is 0.954. The first-order chi connectivity index (χ1) is 5.70. The van der Waals surface area contributed by atoms with Crippen molar-refractivity contribution in [3.63, 3.8) is 0 Å². The number of rotatable bonds is 2. The lowest BCUT2D eigenvalue weighted by molar-refractivity contribution is 0.328. The maximum absolute atomic E-state index is 5.17. The fraction of sp³-hybridized carbons (Fsp3) is 0.750. The van der Waals surface area contributed by atoms with Gasteiger partial charge in [0.25, 0.3) is 0 Å². The van der Waals surface area contributed by atoms with Crippen LogP contribution in [0.25, 0.3) is 0 Å². The van der Waals surface area contributed by atoms with E-state index in [0.717, 1.165) is 9.98 Å². The molecule has 0 radical (unpaired) electrons. The van der Waals surface area contributed by atoms with Crippen LogP contribution >= 0.6 is 24.4 Å². The SMILES string of the molecule is CNC(=S)[C@@H]1CC[C@H]1C(=S)NC. The van der Waals surface area contributed by atoms with Crippen molar-refractivity contribution in [2.75, 3.05) is 14.1 Å². The minimum atomic E-state index is 0.477. The molecule has 0 aromatic carbocycles. The van der Waals surface area contributed by atoms with E-state index in [0.29, 0.717) is 11.8 Å². The second-order valence-corrected chi connectivity index (χ2v) is 3.90. The van der Waals surface area contributed by atoms with E-state index < -0.39 is 0 Å². The van der Waals surface area contributed by atoms with Crippen LogP contribution < -0.4 is 10.6 Å². The van der Waals surface area contributed by atoms with Crippen molar-refractivity contribution < 1.29 is 0 Å². The van der Waals surface area contributed by atoms with Gasteiger partial charge >= 0.3 is 0 Å². The highest BCUT2D eigenvalue weighted by Crippen LogP contribution is 2.35. The van der Waals surface area contributed by atoms with Crippen molar-refractivity contribution in [1.29, 1.82) is 0 Å². The molecule has 0 saturated heterocycles. The third-order valence-corrected chi connectivity index (χ3v) is 3.45. The first kappa shape index (κ1) is 9.86. The van der Waals surface area contributed by atoms with Gasteiger partial charge in [0, 0.05) is 25.9 Å². The lowest BCUT2D eigenvalue weighted by Crippen LogP contribution is -2.44. The van der Waals surface area contributed by atoms with E-state index in [-0.39, 0.29) is 0 Å². The van der Waals surface area contributed by atoms with Gasteiger partial charge in [0.15, 0.2) is 0 Å². The Hall–Kier alpha value is -0.220. The molecule has 0 aliphatic heterocycles. The van der Waals surface area contributed by atoms with Crippen LogP contribution in [-0.4, -0.2) is 24.1 Å². The van der Waals surface area contributed by atoms with Gasteiger partial charge in [-0.2, -0.15) is 0 Å². The molecule has 1 aliphatic carbocycles. The maximum Gasteiger partial charge on any atom is 0.0789 e. The molecule has 0 aromatic rings. The molecule has 0 bridgehead atoms. The molecule has 0 heterocycles. The molecule has 2 atom stereocenters. The van der Waals surface area contributed by atoms with Gasteiger partial charge in [0.1, 0.15) is 0 Å². The third kappa shape index (κ3) is 1.75. The lowest BCUT2D eigenvalue weighted by atomic mass is 9.73. The van der Waals surface area contributed by atoms with Crippen molar-refractivity contribution in [2.45, 2.75) is 12.8 Å². The molecule has 2 nitrogen and oxygen atoms in total. The van der Waals surface area contributed by atoms with Crippen molar-refractivity contribution in [3.8, 4) is 0 Å². The van der Waals surface area contributed by atoms with E-state index in [1.807, 2.05) is 14.1 Å². The molecule has 1 fully saturated rings. The summed E-state index contributed by atoms with van der Waals surface area (Å²) in [6.07, 6.45) is 2.35. The van der Waals surface area contributed by atoms with Gasteiger partial charge in [-0.05, 0) is 12.8 Å². The van der Waals surface area contributed by atoms with Crippen LogP contribution in [0.1, 0.15) is 12.8 Å². The molecule has 0 spiro atoms. The quantitative estimate of drug-likeness (QED) is 0.655. The average molecular weight is 202 g/mol. The summed E-state index contributed by atoms with van der Waals surface area (Å²) in [5, 5.41) is 6.04. The van der Waals surface area contributed by atoms with E-state index in [4.69, 9.17) is 24.4 Å². The summed E-state index contributed by atoms with van der Waals surface area (Å²) in [6, 6.07) is 0. The number of nitrogens with one attached hydrogen (secondary N) is 2. The van der Waals surface area contributed by atoms with E-state index in [2.05, 4.69) is 10.6 Å². The first-order valence-corrected chi connectivity index (χ1v) is 4.95. The van der Waals surface area contributed by atoms with Crippen LogP contribution in [-0.2, 0) is 0 Å². The Bertz CT molecular complexity index is 181. The zero-order valence-electron chi connectivity index (χ0n) is 7.39. The summed E-state index contributed by atoms with van der Waals surface area (Å²) in [6.45, 7) is 0. The minimum Gasteiger partial charge on any atom is -0.382 e. The van der Waals surface area contributed by atoms with Gasteiger partial charge in [-0.15, -0.1) is 0 Å². The monoisotopic (exact) mass is 202 g/mol.